The van der Waals surface area contributed by atoms with Crippen LogP contribution in [0.15, 0.2) is 12.1 Å². The number of ketones is 1. The van der Waals surface area contributed by atoms with E-state index < -0.39 is 18.4 Å². The van der Waals surface area contributed by atoms with Gasteiger partial charge in [0.25, 0.3) is 0 Å². The molecule has 18 heavy (non-hydrogen) atoms. The summed E-state index contributed by atoms with van der Waals surface area (Å²) in [6.45, 7) is 0. The second-order valence-corrected chi connectivity index (χ2v) is 21.2. The van der Waals surface area contributed by atoms with Crippen molar-refractivity contribution in [2.24, 2.45) is 5.92 Å². The molecule has 3 aliphatic rings. The fourth-order valence-corrected chi connectivity index (χ4v) is 7.19. The zero-order chi connectivity index (χ0) is 13.1. The third kappa shape index (κ3) is 1.93. The zero-order valence-corrected chi connectivity index (χ0v) is 14.1. The van der Waals surface area contributed by atoms with Crippen molar-refractivity contribution in [1.29, 1.82) is 0 Å². The van der Waals surface area contributed by atoms with E-state index in [0.29, 0.717) is 18.1 Å². The van der Waals surface area contributed by atoms with E-state index in [2.05, 4.69) is 14.8 Å². The first-order valence-corrected chi connectivity index (χ1v) is 16.7. The topological polar surface area (TPSA) is 17.1 Å². The minimum atomic E-state index is -2.42. The number of halogens is 1. The average Bonchev–Trinajstić information content (AvgIpc) is 2.36. The van der Waals surface area contributed by atoms with E-state index in [1.807, 2.05) is 6.07 Å². The summed E-state index contributed by atoms with van der Waals surface area (Å²) in [5, 5.41) is 0. The maximum atomic E-state index is 14.3. The van der Waals surface area contributed by atoms with Crippen molar-refractivity contribution in [1.82, 2.24) is 0 Å². The van der Waals surface area contributed by atoms with Gasteiger partial charge in [-0.25, -0.2) is 0 Å². The third-order valence-corrected chi connectivity index (χ3v) is 10.1. The van der Waals surface area contributed by atoms with Crippen molar-refractivity contribution in [2.45, 2.75) is 40.0 Å². The molecule has 0 atom stereocenters. The van der Waals surface area contributed by atoms with Crippen molar-refractivity contribution in [2.75, 3.05) is 0 Å². The van der Waals surface area contributed by atoms with Gasteiger partial charge in [0.15, 0.2) is 0 Å². The maximum absolute atomic E-state index is 14.3. The summed E-state index contributed by atoms with van der Waals surface area (Å²) in [6, 6.07) is 3.77. The van der Waals surface area contributed by atoms with Gasteiger partial charge in [0.2, 0.25) is 0 Å². The molecule has 3 heteroatoms. The minimum absolute atomic E-state index is 0.0187. The molecule has 0 amide bonds. The molecule has 96 valence electrons. The number of Topliss-reactive ketones (excluding diaryl/α,β-unsaturated/α-hetero) is 1. The Hall–Kier alpha value is -0.381. The molecule has 0 radical (unpaired) electrons. The SMILES string of the molecule is [CH3][Sn]([CH3])([CH3])[c]1cc2c(cc1F)C1CC(C1)C(=O)C2. The molecule has 0 unspecified atom stereocenters. The van der Waals surface area contributed by atoms with Crippen LogP contribution in [0.3, 0.4) is 0 Å². The van der Waals surface area contributed by atoms with Gasteiger partial charge in [-0.3, -0.25) is 0 Å². The number of benzene rings is 1. The number of rotatable bonds is 1. The molecule has 0 spiro atoms. The third-order valence-electron chi connectivity index (χ3n) is 4.43. The molecule has 0 N–H and O–H groups in total. The summed E-state index contributed by atoms with van der Waals surface area (Å²) in [5.74, 6) is 1.05. The van der Waals surface area contributed by atoms with Crippen LogP contribution >= 0.6 is 0 Å². The van der Waals surface area contributed by atoms with E-state index in [1.54, 1.807) is 6.07 Å². The predicted octanol–water partition coefficient (Wildman–Crippen LogP) is 2.99. The molecule has 3 aliphatic carbocycles. The van der Waals surface area contributed by atoms with Crippen molar-refractivity contribution in [3.8, 4) is 0 Å². The second-order valence-electron chi connectivity index (χ2n) is 6.79. The summed E-state index contributed by atoms with van der Waals surface area (Å²) >= 11 is -2.42. The standard InChI is InChI=1S/C12H10FO.3CH3.Sn/c13-10-2-1-7-5-12(14)9-3-8(4-9)11(7)6-10;;;;/h1,6,8-9H,3-5H2;3*1H3;. The molecule has 1 fully saturated rings. The van der Waals surface area contributed by atoms with Crippen LogP contribution in [0.25, 0.3) is 0 Å². The van der Waals surface area contributed by atoms with Crippen molar-refractivity contribution in [3.63, 3.8) is 0 Å². The monoisotopic (exact) mass is 354 g/mol. The van der Waals surface area contributed by atoms with Crippen LogP contribution in [0.4, 0.5) is 4.39 Å². The van der Waals surface area contributed by atoms with Gasteiger partial charge in [-0.05, 0) is 0 Å². The second kappa shape index (κ2) is 4.06. The summed E-state index contributed by atoms with van der Waals surface area (Å²) in [7, 11) is 0. The van der Waals surface area contributed by atoms with Gasteiger partial charge in [-0.1, -0.05) is 0 Å². The Morgan fingerprint density at radius 2 is 1.83 bits per heavy atom. The molecule has 4 rings (SSSR count). The predicted molar refractivity (Wildman–Crippen MR) is 73.6 cm³/mol. The number of fused-ring (bicyclic) bond motifs is 1. The van der Waals surface area contributed by atoms with E-state index in [1.165, 1.54) is 0 Å². The van der Waals surface area contributed by atoms with Crippen LogP contribution in [0.1, 0.15) is 29.9 Å². The van der Waals surface area contributed by atoms with Crippen LogP contribution in [0.2, 0.25) is 14.8 Å². The van der Waals surface area contributed by atoms with Crippen molar-refractivity contribution >= 4 is 27.7 Å². The Morgan fingerprint density at radius 1 is 1.17 bits per heavy atom. The Bertz CT molecular complexity index is 524. The molecule has 0 aliphatic heterocycles. The van der Waals surface area contributed by atoms with E-state index in [9.17, 15) is 9.18 Å². The number of hydrogen-bond donors (Lipinski definition) is 0. The Morgan fingerprint density at radius 3 is 2.44 bits per heavy atom. The van der Waals surface area contributed by atoms with E-state index in [-0.39, 0.29) is 11.7 Å². The fourth-order valence-electron chi connectivity index (χ4n) is 3.21. The van der Waals surface area contributed by atoms with E-state index in [4.69, 9.17) is 0 Å². The molecule has 1 aromatic rings. The van der Waals surface area contributed by atoms with Crippen LogP contribution in [0.5, 0.6) is 0 Å². The van der Waals surface area contributed by atoms with Gasteiger partial charge in [0.1, 0.15) is 0 Å². The van der Waals surface area contributed by atoms with Crippen molar-refractivity contribution < 1.29 is 9.18 Å². The summed E-state index contributed by atoms with van der Waals surface area (Å²) in [4.78, 5) is 18.6. The van der Waals surface area contributed by atoms with Crippen LogP contribution in [0, 0.1) is 11.7 Å². The molecule has 2 bridgehead atoms. The quantitative estimate of drug-likeness (QED) is 0.710. The summed E-state index contributed by atoms with van der Waals surface area (Å²) in [6.07, 6.45) is 2.43. The van der Waals surface area contributed by atoms with Gasteiger partial charge >= 0.3 is 112 Å². The first kappa shape index (κ1) is 12.6. The number of carbonyl (C=O) groups is 1. The van der Waals surface area contributed by atoms with Gasteiger partial charge in [0, 0.05) is 0 Å². The van der Waals surface area contributed by atoms with Crippen LogP contribution in [-0.4, -0.2) is 24.2 Å². The van der Waals surface area contributed by atoms with Crippen LogP contribution in [-0.2, 0) is 11.2 Å². The molecule has 1 saturated carbocycles. The first-order chi connectivity index (χ1) is 8.36. The van der Waals surface area contributed by atoms with E-state index in [0.717, 1.165) is 27.5 Å². The molecule has 0 saturated heterocycles. The number of carbonyl (C=O) groups excluding carboxylic acids is 1. The van der Waals surface area contributed by atoms with Gasteiger partial charge in [-0.15, -0.1) is 0 Å². The summed E-state index contributed by atoms with van der Waals surface area (Å²) in [5.41, 5.74) is 2.24. The van der Waals surface area contributed by atoms with Gasteiger partial charge in [-0.2, -0.15) is 0 Å². The Balaban J connectivity index is 2.13. The van der Waals surface area contributed by atoms with Crippen LogP contribution < -0.4 is 3.58 Å². The number of hydrogen-bond acceptors (Lipinski definition) is 1. The average molecular weight is 353 g/mol. The molecule has 1 aromatic carbocycles. The van der Waals surface area contributed by atoms with Gasteiger partial charge in [0.05, 0.1) is 0 Å². The molecule has 0 aromatic heterocycles. The zero-order valence-electron chi connectivity index (χ0n) is 11.2. The summed E-state index contributed by atoms with van der Waals surface area (Å²) < 4.78 is 15.2. The first-order valence-electron chi connectivity index (χ1n) is 6.72. The normalized spacial score (nSPS) is 26.3. The molecular weight excluding hydrogens is 334 g/mol. The molecule has 1 nitrogen and oxygen atoms in total. The molecular formula is C15H19FOSn. The fraction of sp³-hybridized carbons (Fsp3) is 0.533. The van der Waals surface area contributed by atoms with Crippen molar-refractivity contribution in [3.05, 3.63) is 29.1 Å². The Labute approximate surface area is 112 Å². The molecule has 0 heterocycles. The van der Waals surface area contributed by atoms with Gasteiger partial charge < -0.3 is 0 Å². The van der Waals surface area contributed by atoms with E-state index >= 15 is 0 Å². The Kier molecular flexibility index (Phi) is 2.85.